The number of ether oxygens (including phenoxy) is 2. The molecule has 0 saturated heterocycles. The zero-order valence-corrected chi connectivity index (χ0v) is 16.0. The van der Waals surface area contributed by atoms with Crippen LogP contribution in [0.2, 0.25) is 0 Å². The van der Waals surface area contributed by atoms with Gasteiger partial charge in [0.2, 0.25) is 0 Å². The van der Waals surface area contributed by atoms with Crippen molar-refractivity contribution in [3.8, 4) is 5.75 Å². The van der Waals surface area contributed by atoms with Crippen LogP contribution in [0.3, 0.4) is 0 Å². The summed E-state index contributed by atoms with van der Waals surface area (Å²) in [6.07, 6.45) is 0. The van der Waals surface area contributed by atoms with E-state index in [1.807, 2.05) is 19.1 Å². The van der Waals surface area contributed by atoms with Crippen LogP contribution in [0.1, 0.15) is 29.8 Å². The zero-order valence-electron chi connectivity index (χ0n) is 16.0. The van der Waals surface area contributed by atoms with Crippen LogP contribution in [0.5, 0.6) is 5.75 Å². The molecule has 0 bridgehead atoms. The van der Waals surface area contributed by atoms with Gasteiger partial charge in [0.05, 0.1) is 0 Å². The number of benzene rings is 2. The van der Waals surface area contributed by atoms with Crippen LogP contribution in [0.25, 0.3) is 0 Å². The van der Waals surface area contributed by atoms with Gasteiger partial charge in [-0.3, -0.25) is 4.79 Å². The lowest BCUT2D eigenvalue weighted by molar-refractivity contribution is -0.147. The Labute approximate surface area is 162 Å². The average Bonchev–Trinajstić information content (AvgIpc) is 2.64. The molecule has 0 radical (unpaired) electrons. The smallest absolute Gasteiger partial charge is 0.329 e. The van der Waals surface area contributed by atoms with Crippen molar-refractivity contribution in [2.75, 3.05) is 13.2 Å². The van der Waals surface area contributed by atoms with Crippen LogP contribution < -0.4 is 10.1 Å². The number of rotatable bonds is 8. The van der Waals surface area contributed by atoms with Crippen molar-refractivity contribution in [2.24, 2.45) is 5.92 Å². The monoisotopic (exact) mass is 391 g/mol. The Morgan fingerprint density at radius 1 is 1.00 bits per heavy atom. The van der Waals surface area contributed by atoms with Gasteiger partial charge >= 0.3 is 5.97 Å². The zero-order chi connectivity index (χ0) is 20.7. The molecule has 0 fully saturated rings. The highest BCUT2D eigenvalue weighted by Crippen LogP contribution is 2.14. The lowest BCUT2D eigenvalue weighted by Crippen LogP contribution is -2.46. The SMILES string of the molecule is Cc1ccc(OCCOC(=O)[C@@H](NC(=O)c2c(F)cccc2F)C(C)C)cc1. The van der Waals surface area contributed by atoms with E-state index < -0.39 is 35.1 Å². The first-order valence-electron chi connectivity index (χ1n) is 8.90. The second-order valence-electron chi connectivity index (χ2n) is 6.62. The number of esters is 1. The molecule has 0 aliphatic heterocycles. The molecule has 0 aliphatic rings. The maximum atomic E-state index is 13.8. The third-order valence-electron chi connectivity index (χ3n) is 4.01. The van der Waals surface area contributed by atoms with Gasteiger partial charge in [0.25, 0.3) is 5.91 Å². The number of aryl methyl sites for hydroxylation is 1. The fourth-order valence-corrected chi connectivity index (χ4v) is 2.45. The largest absolute Gasteiger partial charge is 0.490 e. The molecule has 2 aromatic rings. The van der Waals surface area contributed by atoms with Crippen LogP contribution in [-0.2, 0) is 9.53 Å². The molecular weight excluding hydrogens is 368 g/mol. The fraction of sp³-hybridized carbons (Fsp3) is 0.333. The minimum absolute atomic E-state index is 0.0279. The first-order valence-corrected chi connectivity index (χ1v) is 8.90. The van der Waals surface area contributed by atoms with Gasteiger partial charge in [0.15, 0.2) is 0 Å². The molecule has 0 saturated carbocycles. The van der Waals surface area contributed by atoms with E-state index in [9.17, 15) is 18.4 Å². The standard InChI is InChI=1S/C21H23F2NO4/c1-13(2)19(24-20(25)18-16(22)5-4-6-17(18)23)21(26)28-12-11-27-15-9-7-14(3)8-10-15/h4-10,13,19H,11-12H2,1-3H3,(H,24,25)/t19-/m0/s1. The van der Waals surface area contributed by atoms with Crippen molar-refractivity contribution < 1.29 is 27.8 Å². The van der Waals surface area contributed by atoms with Crippen LogP contribution in [0.4, 0.5) is 8.78 Å². The number of carbonyl (C=O) groups excluding carboxylic acids is 2. The summed E-state index contributed by atoms with van der Waals surface area (Å²) in [7, 11) is 0. The van der Waals surface area contributed by atoms with Crippen molar-refractivity contribution in [1.82, 2.24) is 5.32 Å². The molecule has 0 aromatic heterocycles. The lowest BCUT2D eigenvalue weighted by atomic mass is 10.0. The van der Waals surface area contributed by atoms with Crippen molar-refractivity contribution in [3.63, 3.8) is 0 Å². The second kappa shape index (κ2) is 9.82. The van der Waals surface area contributed by atoms with Crippen LogP contribution in [0.15, 0.2) is 42.5 Å². The van der Waals surface area contributed by atoms with Gasteiger partial charge in [0.1, 0.15) is 42.2 Å². The van der Waals surface area contributed by atoms with Gasteiger partial charge in [0, 0.05) is 0 Å². The number of amides is 1. The Hall–Kier alpha value is -2.96. The predicted octanol–water partition coefficient (Wildman–Crippen LogP) is 3.65. The van der Waals surface area contributed by atoms with E-state index in [0.29, 0.717) is 5.75 Å². The lowest BCUT2D eigenvalue weighted by Gasteiger charge is -2.21. The summed E-state index contributed by atoms with van der Waals surface area (Å²) in [6, 6.07) is 9.46. The van der Waals surface area contributed by atoms with E-state index in [1.165, 1.54) is 0 Å². The maximum Gasteiger partial charge on any atom is 0.329 e. The Kier molecular flexibility index (Phi) is 7.49. The highest BCUT2D eigenvalue weighted by molar-refractivity contribution is 5.97. The molecule has 7 heteroatoms. The molecule has 0 aliphatic carbocycles. The van der Waals surface area contributed by atoms with Crippen LogP contribution in [-0.4, -0.2) is 31.1 Å². The van der Waals surface area contributed by atoms with Gasteiger partial charge in [-0.2, -0.15) is 0 Å². The predicted molar refractivity (Wildman–Crippen MR) is 100 cm³/mol. The van der Waals surface area contributed by atoms with Crippen LogP contribution >= 0.6 is 0 Å². The normalized spacial score (nSPS) is 11.8. The van der Waals surface area contributed by atoms with Gasteiger partial charge in [-0.1, -0.05) is 37.6 Å². The van der Waals surface area contributed by atoms with Gasteiger partial charge in [-0.15, -0.1) is 0 Å². The summed E-state index contributed by atoms with van der Waals surface area (Å²) in [4.78, 5) is 24.5. The second-order valence-corrected chi connectivity index (χ2v) is 6.62. The van der Waals surface area contributed by atoms with E-state index in [0.717, 1.165) is 23.8 Å². The first kappa shape index (κ1) is 21.3. The molecule has 150 valence electrons. The van der Waals surface area contributed by atoms with Crippen molar-refractivity contribution in [2.45, 2.75) is 26.8 Å². The third-order valence-corrected chi connectivity index (χ3v) is 4.01. The fourth-order valence-electron chi connectivity index (χ4n) is 2.45. The summed E-state index contributed by atoms with van der Waals surface area (Å²) in [5.74, 6) is -3.41. The molecule has 1 amide bonds. The molecular formula is C21H23F2NO4. The summed E-state index contributed by atoms with van der Waals surface area (Å²) in [6.45, 7) is 5.44. The topological polar surface area (TPSA) is 64.6 Å². The molecule has 0 spiro atoms. The summed E-state index contributed by atoms with van der Waals surface area (Å²) in [5.41, 5.74) is 0.365. The van der Waals surface area contributed by atoms with Crippen molar-refractivity contribution >= 4 is 11.9 Å². The maximum absolute atomic E-state index is 13.8. The Morgan fingerprint density at radius 3 is 2.18 bits per heavy atom. The number of carbonyl (C=O) groups is 2. The summed E-state index contributed by atoms with van der Waals surface area (Å²) in [5, 5.41) is 2.34. The average molecular weight is 391 g/mol. The molecule has 0 unspecified atom stereocenters. The van der Waals surface area contributed by atoms with Gasteiger partial charge in [-0.05, 0) is 37.1 Å². The molecule has 0 heterocycles. The highest BCUT2D eigenvalue weighted by atomic mass is 19.1. The third kappa shape index (κ3) is 5.77. The number of halogens is 2. The van der Waals surface area contributed by atoms with Crippen molar-refractivity contribution in [3.05, 3.63) is 65.2 Å². The molecule has 2 aromatic carbocycles. The van der Waals surface area contributed by atoms with E-state index in [1.54, 1.807) is 26.0 Å². The van der Waals surface area contributed by atoms with E-state index in [-0.39, 0.29) is 19.1 Å². The van der Waals surface area contributed by atoms with Crippen LogP contribution in [0, 0.1) is 24.5 Å². The van der Waals surface area contributed by atoms with Gasteiger partial charge in [-0.25, -0.2) is 13.6 Å². The number of hydrogen-bond donors (Lipinski definition) is 1. The minimum Gasteiger partial charge on any atom is -0.490 e. The first-order chi connectivity index (χ1) is 13.3. The number of nitrogens with one attached hydrogen (secondary N) is 1. The van der Waals surface area contributed by atoms with E-state index >= 15 is 0 Å². The Balaban J connectivity index is 1.90. The summed E-state index contributed by atoms with van der Waals surface area (Å²) < 4.78 is 38.1. The van der Waals surface area contributed by atoms with Crippen molar-refractivity contribution in [1.29, 1.82) is 0 Å². The molecule has 5 nitrogen and oxygen atoms in total. The molecule has 2 rings (SSSR count). The minimum atomic E-state index is -1.05. The Morgan fingerprint density at radius 2 is 1.61 bits per heavy atom. The quantitative estimate of drug-likeness (QED) is 0.551. The molecule has 28 heavy (non-hydrogen) atoms. The summed E-state index contributed by atoms with van der Waals surface area (Å²) >= 11 is 0. The molecule has 1 atom stereocenters. The van der Waals surface area contributed by atoms with E-state index in [4.69, 9.17) is 9.47 Å². The Bertz CT molecular complexity index is 801. The highest BCUT2D eigenvalue weighted by Gasteiger charge is 2.28. The number of hydrogen-bond acceptors (Lipinski definition) is 4. The van der Waals surface area contributed by atoms with Gasteiger partial charge < -0.3 is 14.8 Å². The molecule has 1 N–H and O–H groups in total. The van der Waals surface area contributed by atoms with E-state index in [2.05, 4.69) is 5.32 Å².